The molecule has 92 valence electrons. The van der Waals surface area contributed by atoms with Crippen molar-refractivity contribution in [1.82, 2.24) is 4.90 Å². The number of nitrogens with two attached hydrogens (primary N) is 1. The molecule has 0 aromatic heterocycles. The van der Waals surface area contributed by atoms with Gasteiger partial charge in [-0.15, -0.1) is 13.2 Å². The highest BCUT2D eigenvalue weighted by molar-refractivity contribution is 5.22. The number of benzene rings is 1. The molecular formula is C15H22N2. The molecule has 2 nitrogen and oxygen atoms in total. The van der Waals surface area contributed by atoms with Crippen LogP contribution in [0.2, 0.25) is 0 Å². The lowest BCUT2D eigenvalue weighted by atomic mass is 10.1. The fraction of sp³-hybridized carbons (Fsp3) is 0.333. The van der Waals surface area contributed by atoms with Crippen molar-refractivity contribution in [1.29, 1.82) is 0 Å². The summed E-state index contributed by atoms with van der Waals surface area (Å²) in [6.07, 6.45) is 4.79. The molecule has 0 atom stereocenters. The predicted octanol–water partition coefficient (Wildman–Crippen LogP) is 2.36. The summed E-state index contributed by atoms with van der Waals surface area (Å²) in [6, 6.07) is 8.65. The second-order valence-corrected chi connectivity index (χ2v) is 4.13. The number of rotatable bonds is 8. The van der Waals surface area contributed by atoms with Crippen molar-refractivity contribution in [3.63, 3.8) is 0 Å². The van der Waals surface area contributed by atoms with Gasteiger partial charge >= 0.3 is 0 Å². The molecule has 0 spiro atoms. The van der Waals surface area contributed by atoms with Crippen LogP contribution in [0.25, 0.3) is 0 Å². The standard InChI is InChI=1S/C15H22N2/c1-3-11-17(12-4-2)13-15-7-5-14(6-8-15)9-10-16/h3-8H,1-2,9-13,16H2. The second kappa shape index (κ2) is 7.82. The van der Waals surface area contributed by atoms with E-state index in [-0.39, 0.29) is 0 Å². The first-order chi connectivity index (χ1) is 8.30. The normalized spacial score (nSPS) is 10.5. The molecule has 1 aromatic rings. The Kier molecular flexibility index (Phi) is 6.30. The summed E-state index contributed by atoms with van der Waals surface area (Å²) in [6.45, 7) is 11.0. The van der Waals surface area contributed by atoms with Crippen LogP contribution in [0.5, 0.6) is 0 Å². The molecule has 2 N–H and O–H groups in total. The zero-order valence-corrected chi connectivity index (χ0v) is 10.4. The Labute approximate surface area is 104 Å². The lowest BCUT2D eigenvalue weighted by Gasteiger charge is -2.18. The monoisotopic (exact) mass is 230 g/mol. The van der Waals surface area contributed by atoms with Gasteiger partial charge in [-0.2, -0.15) is 0 Å². The van der Waals surface area contributed by atoms with Gasteiger partial charge in [0.2, 0.25) is 0 Å². The van der Waals surface area contributed by atoms with Crippen LogP contribution in [0.15, 0.2) is 49.6 Å². The third kappa shape index (κ3) is 4.98. The van der Waals surface area contributed by atoms with E-state index in [0.29, 0.717) is 6.54 Å². The summed E-state index contributed by atoms with van der Waals surface area (Å²) < 4.78 is 0. The van der Waals surface area contributed by atoms with Crippen molar-refractivity contribution < 1.29 is 0 Å². The third-order valence-corrected chi connectivity index (χ3v) is 2.64. The first-order valence-electron chi connectivity index (χ1n) is 6.02. The third-order valence-electron chi connectivity index (χ3n) is 2.64. The van der Waals surface area contributed by atoms with Crippen LogP contribution in [-0.4, -0.2) is 24.5 Å². The number of nitrogens with zero attached hydrogens (tertiary/aromatic N) is 1. The lowest BCUT2D eigenvalue weighted by molar-refractivity contribution is 0.328. The van der Waals surface area contributed by atoms with Crippen molar-refractivity contribution >= 4 is 0 Å². The molecule has 17 heavy (non-hydrogen) atoms. The SMILES string of the molecule is C=CCN(CC=C)Cc1ccc(CCN)cc1. The van der Waals surface area contributed by atoms with E-state index in [1.165, 1.54) is 11.1 Å². The maximum atomic E-state index is 5.53. The van der Waals surface area contributed by atoms with Crippen LogP contribution in [0.1, 0.15) is 11.1 Å². The van der Waals surface area contributed by atoms with Crippen LogP contribution < -0.4 is 5.73 Å². The maximum Gasteiger partial charge on any atom is 0.0240 e. The van der Waals surface area contributed by atoms with Gasteiger partial charge in [0.15, 0.2) is 0 Å². The van der Waals surface area contributed by atoms with E-state index >= 15 is 0 Å². The molecule has 0 fully saturated rings. The maximum absolute atomic E-state index is 5.53. The lowest BCUT2D eigenvalue weighted by Crippen LogP contribution is -2.23. The zero-order valence-electron chi connectivity index (χ0n) is 10.4. The average molecular weight is 230 g/mol. The fourth-order valence-corrected chi connectivity index (χ4v) is 1.80. The minimum absolute atomic E-state index is 0.707. The number of hydrogen-bond donors (Lipinski definition) is 1. The molecule has 0 bridgehead atoms. The smallest absolute Gasteiger partial charge is 0.0240 e. The fourth-order valence-electron chi connectivity index (χ4n) is 1.80. The highest BCUT2D eigenvalue weighted by atomic mass is 15.1. The summed E-state index contributed by atoms with van der Waals surface area (Å²) >= 11 is 0. The summed E-state index contributed by atoms with van der Waals surface area (Å²) in [4.78, 5) is 2.29. The first-order valence-corrected chi connectivity index (χ1v) is 6.02. The van der Waals surface area contributed by atoms with Crippen LogP contribution in [-0.2, 0) is 13.0 Å². The van der Waals surface area contributed by atoms with Crippen LogP contribution >= 0.6 is 0 Å². The van der Waals surface area contributed by atoms with E-state index in [4.69, 9.17) is 5.73 Å². The van der Waals surface area contributed by atoms with Gasteiger partial charge in [-0.3, -0.25) is 4.90 Å². The van der Waals surface area contributed by atoms with Crippen molar-refractivity contribution in [2.75, 3.05) is 19.6 Å². The van der Waals surface area contributed by atoms with Gasteiger partial charge in [0.1, 0.15) is 0 Å². The van der Waals surface area contributed by atoms with E-state index in [1.807, 2.05) is 12.2 Å². The highest BCUT2D eigenvalue weighted by Gasteiger charge is 2.02. The zero-order chi connectivity index (χ0) is 12.5. The van der Waals surface area contributed by atoms with Crippen molar-refractivity contribution in [3.05, 3.63) is 60.7 Å². The van der Waals surface area contributed by atoms with Gasteiger partial charge in [-0.1, -0.05) is 36.4 Å². The molecule has 1 aromatic carbocycles. The minimum Gasteiger partial charge on any atom is -0.330 e. The van der Waals surface area contributed by atoms with E-state index in [1.54, 1.807) is 0 Å². The van der Waals surface area contributed by atoms with Crippen molar-refractivity contribution in [2.45, 2.75) is 13.0 Å². The van der Waals surface area contributed by atoms with Gasteiger partial charge < -0.3 is 5.73 Å². The summed E-state index contributed by atoms with van der Waals surface area (Å²) in [5, 5.41) is 0. The molecule has 0 aliphatic heterocycles. The Morgan fingerprint density at radius 3 is 2.00 bits per heavy atom. The molecule has 0 amide bonds. The van der Waals surface area contributed by atoms with E-state index in [2.05, 4.69) is 42.3 Å². The Morgan fingerprint density at radius 1 is 1.00 bits per heavy atom. The van der Waals surface area contributed by atoms with Gasteiger partial charge in [0.05, 0.1) is 0 Å². The summed E-state index contributed by atoms with van der Waals surface area (Å²) in [5.41, 5.74) is 8.14. The van der Waals surface area contributed by atoms with E-state index in [9.17, 15) is 0 Å². The Morgan fingerprint density at radius 2 is 1.53 bits per heavy atom. The molecular weight excluding hydrogens is 208 g/mol. The molecule has 0 saturated heterocycles. The predicted molar refractivity (Wildman–Crippen MR) is 74.9 cm³/mol. The largest absolute Gasteiger partial charge is 0.330 e. The molecule has 0 aliphatic carbocycles. The quantitative estimate of drug-likeness (QED) is 0.695. The van der Waals surface area contributed by atoms with Gasteiger partial charge in [-0.25, -0.2) is 0 Å². The summed E-state index contributed by atoms with van der Waals surface area (Å²) in [7, 11) is 0. The summed E-state index contributed by atoms with van der Waals surface area (Å²) in [5.74, 6) is 0. The highest BCUT2D eigenvalue weighted by Crippen LogP contribution is 2.08. The Bertz CT molecular complexity index is 330. The molecule has 2 heteroatoms. The van der Waals surface area contributed by atoms with E-state index < -0.39 is 0 Å². The molecule has 0 heterocycles. The van der Waals surface area contributed by atoms with E-state index in [0.717, 1.165) is 26.1 Å². The molecule has 1 rings (SSSR count). The van der Waals surface area contributed by atoms with Crippen LogP contribution in [0, 0.1) is 0 Å². The second-order valence-electron chi connectivity index (χ2n) is 4.13. The van der Waals surface area contributed by atoms with Gasteiger partial charge in [0, 0.05) is 19.6 Å². The molecule has 0 radical (unpaired) electrons. The first kappa shape index (κ1) is 13.7. The topological polar surface area (TPSA) is 29.3 Å². The van der Waals surface area contributed by atoms with Crippen molar-refractivity contribution in [3.8, 4) is 0 Å². The Hall–Kier alpha value is -1.38. The molecule has 0 saturated carbocycles. The molecule has 0 unspecified atom stereocenters. The van der Waals surface area contributed by atoms with Gasteiger partial charge in [-0.05, 0) is 24.1 Å². The minimum atomic E-state index is 0.707. The van der Waals surface area contributed by atoms with Crippen molar-refractivity contribution in [2.24, 2.45) is 5.73 Å². The Balaban J connectivity index is 2.59. The van der Waals surface area contributed by atoms with Crippen LogP contribution in [0.4, 0.5) is 0 Å². The number of hydrogen-bond acceptors (Lipinski definition) is 2. The van der Waals surface area contributed by atoms with Gasteiger partial charge in [0.25, 0.3) is 0 Å². The van der Waals surface area contributed by atoms with Crippen LogP contribution in [0.3, 0.4) is 0 Å². The average Bonchev–Trinajstić information content (AvgIpc) is 2.33. The molecule has 0 aliphatic rings.